The van der Waals surface area contributed by atoms with E-state index in [0.717, 1.165) is 30.5 Å². The summed E-state index contributed by atoms with van der Waals surface area (Å²) in [6.07, 6.45) is 0.769. The van der Waals surface area contributed by atoms with Gasteiger partial charge in [-0.2, -0.15) is 14.0 Å². The first-order valence-electron chi connectivity index (χ1n) is 7.51. The molecule has 0 spiro atoms. The first kappa shape index (κ1) is 20.5. The molecule has 1 aromatic rings. The molecule has 0 amide bonds. The topological polar surface area (TPSA) is 84.2 Å². The van der Waals surface area contributed by atoms with Gasteiger partial charge in [-0.25, -0.2) is 12.8 Å². The third-order valence-electron chi connectivity index (χ3n) is 3.65. The Bertz CT molecular complexity index is 1020. The number of rotatable bonds is 3. The third kappa shape index (κ3) is 5.08. The van der Waals surface area contributed by atoms with Crippen molar-refractivity contribution in [1.82, 2.24) is 0 Å². The number of ketones is 1. The van der Waals surface area contributed by atoms with Gasteiger partial charge in [-0.1, -0.05) is 6.58 Å². The molecule has 0 atom stereocenters. The number of benzene rings is 1. The maximum Gasteiger partial charge on any atom is 0.309 e. The first-order chi connectivity index (χ1) is 12.4. The van der Waals surface area contributed by atoms with Gasteiger partial charge in [0.1, 0.15) is 17.3 Å². The van der Waals surface area contributed by atoms with E-state index in [9.17, 15) is 26.4 Å². The van der Waals surface area contributed by atoms with Crippen molar-refractivity contribution in [3.63, 3.8) is 0 Å². The molecule has 142 valence electrons. The maximum absolute atomic E-state index is 14.1. The number of hydrogen-bond donors (Lipinski definition) is 0. The summed E-state index contributed by atoms with van der Waals surface area (Å²) in [4.78, 5) is 11.3. The molecule has 1 aliphatic carbocycles. The molecule has 0 aromatic heterocycles. The number of sulfone groups is 1. The Balaban J connectivity index is 2.52. The highest BCUT2D eigenvalue weighted by atomic mass is 32.2. The van der Waals surface area contributed by atoms with E-state index in [2.05, 4.69) is 6.58 Å². The van der Waals surface area contributed by atoms with E-state index in [0.29, 0.717) is 0 Å². The second kappa shape index (κ2) is 7.40. The lowest BCUT2D eigenvalue weighted by Gasteiger charge is -2.17. The fourth-order valence-electron chi connectivity index (χ4n) is 2.26. The normalized spacial score (nSPS) is 21.6. The largest absolute Gasteiger partial charge is 0.457 e. The molecule has 2 rings (SSSR count). The third-order valence-corrected chi connectivity index (χ3v) is 4.88. The summed E-state index contributed by atoms with van der Waals surface area (Å²) in [7, 11) is -3.92. The van der Waals surface area contributed by atoms with Crippen molar-refractivity contribution in [1.29, 1.82) is 5.26 Å². The molecule has 0 saturated carbocycles. The molecule has 1 aromatic carbocycles. The molecule has 5 nitrogen and oxygen atoms in total. The predicted octanol–water partition coefficient (Wildman–Crippen LogP) is 3.44. The van der Waals surface area contributed by atoms with Crippen molar-refractivity contribution >= 4 is 15.6 Å². The molecule has 0 unspecified atom stereocenters. The molecule has 0 saturated heterocycles. The molecular formula is C18H14F3NO4S. The highest BCUT2D eigenvalue weighted by Gasteiger charge is 2.41. The van der Waals surface area contributed by atoms with E-state index < -0.39 is 45.1 Å². The minimum Gasteiger partial charge on any atom is -0.457 e. The lowest BCUT2D eigenvalue weighted by molar-refractivity contribution is -0.141. The molecule has 0 fully saturated rings. The number of nitrogens with zero attached hydrogens (tertiary/aromatic N) is 1. The van der Waals surface area contributed by atoms with Crippen LogP contribution in [0.15, 0.2) is 53.2 Å². The monoisotopic (exact) mass is 397 g/mol. The molecule has 0 heterocycles. The summed E-state index contributed by atoms with van der Waals surface area (Å²) >= 11 is 0. The lowest BCUT2D eigenvalue weighted by atomic mass is 10.0. The molecule has 0 radical (unpaired) electrons. The van der Waals surface area contributed by atoms with Gasteiger partial charge in [-0.05, 0) is 29.9 Å². The molecular weight excluding hydrogens is 383 g/mol. The van der Waals surface area contributed by atoms with Gasteiger partial charge in [-0.3, -0.25) is 4.79 Å². The molecule has 0 aliphatic heterocycles. The Morgan fingerprint density at radius 3 is 2.52 bits per heavy atom. The van der Waals surface area contributed by atoms with Crippen molar-refractivity contribution in [3.05, 3.63) is 64.5 Å². The Labute approximate surface area is 154 Å². The quantitative estimate of drug-likeness (QED) is 0.780. The van der Waals surface area contributed by atoms with Gasteiger partial charge in [0.2, 0.25) is 5.78 Å². The van der Waals surface area contributed by atoms with E-state index >= 15 is 0 Å². The van der Waals surface area contributed by atoms with Crippen molar-refractivity contribution in [2.75, 3.05) is 6.26 Å². The number of carbonyl (C=O) groups is 1. The summed E-state index contributed by atoms with van der Waals surface area (Å²) in [5.41, 5.74) is -0.353. The lowest BCUT2D eigenvalue weighted by Crippen LogP contribution is -2.30. The van der Waals surface area contributed by atoms with Crippen molar-refractivity contribution in [2.24, 2.45) is 0 Å². The minimum absolute atomic E-state index is 0.0628. The summed E-state index contributed by atoms with van der Waals surface area (Å²) in [5.74, 6) is -6.64. The van der Waals surface area contributed by atoms with Crippen LogP contribution in [0.25, 0.3) is 0 Å². The van der Waals surface area contributed by atoms with Crippen LogP contribution in [0.3, 0.4) is 0 Å². The SMILES string of the molecule is C=C1CC(F)(F)C(=O)C/C(S(C)(=O)=O)=C\C=C/1Oc1cc(F)cc(C#N)c1. The van der Waals surface area contributed by atoms with E-state index in [-0.39, 0.29) is 22.6 Å². The fourth-order valence-corrected chi connectivity index (χ4v) is 2.97. The standard InChI is InChI=1S/C18H14F3NO4S/c1-11-9-18(20,21)17(23)8-15(27(2,24)25)3-4-16(11)26-14-6-12(10-22)5-13(19)7-14/h3-7H,1,8-9H2,2H3/b15-3+,16-4+. The number of alkyl halides is 2. The average molecular weight is 397 g/mol. The summed E-state index contributed by atoms with van der Waals surface area (Å²) in [5, 5.41) is 8.87. The van der Waals surface area contributed by atoms with Gasteiger partial charge in [0.25, 0.3) is 0 Å². The molecule has 0 bridgehead atoms. The number of allylic oxidation sites excluding steroid dienone is 4. The van der Waals surface area contributed by atoms with Gasteiger partial charge < -0.3 is 4.74 Å². The van der Waals surface area contributed by atoms with Crippen LogP contribution in [0.2, 0.25) is 0 Å². The fraction of sp³-hybridized carbons (Fsp3) is 0.222. The van der Waals surface area contributed by atoms with Crippen LogP contribution in [0.5, 0.6) is 5.75 Å². The number of halogens is 3. The Kier molecular flexibility index (Phi) is 5.61. The summed E-state index contributed by atoms with van der Waals surface area (Å²) < 4.78 is 70.6. The molecule has 0 N–H and O–H groups in total. The van der Waals surface area contributed by atoms with Crippen LogP contribution >= 0.6 is 0 Å². The Hall–Kier alpha value is -2.86. The van der Waals surface area contributed by atoms with E-state index in [1.54, 1.807) is 6.07 Å². The maximum atomic E-state index is 14.1. The zero-order valence-corrected chi connectivity index (χ0v) is 14.9. The van der Waals surface area contributed by atoms with Crippen molar-refractivity contribution in [3.8, 4) is 11.8 Å². The van der Waals surface area contributed by atoms with Gasteiger partial charge >= 0.3 is 5.92 Å². The number of ether oxygens (including phenoxy) is 1. The molecule has 9 heteroatoms. The van der Waals surface area contributed by atoms with Crippen LogP contribution in [0.1, 0.15) is 18.4 Å². The van der Waals surface area contributed by atoms with Crippen molar-refractivity contribution in [2.45, 2.75) is 18.8 Å². The van der Waals surface area contributed by atoms with E-state index in [4.69, 9.17) is 10.00 Å². The van der Waals surface area contributed by atoms with Crippen molar-refractivity contribution < 1.29 is 31.1 Å². The predicted molar refractivity (Wildman–Crippen MR) is 91.1 cm³/mol. The van der Waals surface area contributed by atoms with Gasteiger partial charge in [0, 0.05) is 25.2 Å². The van der Waals surface area contributed by atoms with Crippen LogP contribution in [-0.2, 0) is 14.6 Å². The highest BCUT2D eigenvalue weighted by molar-refractivity contribution is 7.94. The van der Waals surface area contributed by atoms with E-state index in [1.807, 2.05) is 0 Å². The van der Waals surface area contributed by atoms with Crippen LogP contribution in [-0.4, -0.2) is 26.4 Å². The minimum atomic E-state index is -3.92. The molecule has 27 heavy (non-hydrogen) atoms. The summed E-state index contributed by atoms with van der Waals surface area (Å²) in [6, 6.07) is 4.77. The average Bonchev–Trinajstić information content (AvgIpc) is 2.57. The first-order valence-corrected chi connectivity index (χ1v) is 9.40. The zero-order chi connectivity index (χ0) is 20.4. The number of Topliss-reactive ketones (excluding diaryl/α,β-unsaturated/α-hetero) is 1. The number of nitriles is 1. The second-order valence-electron chi connectivity index (χ2n) is 5.91. The van der Waals surface area contributed by atoms with Crippen LogP contribution in [0.4, 0.5) is 13.2 Å². The smallest absolute Gasteiger partial charge is 0.309 e. The second-order valence-corrected chi connectivity index (χ2v) is 7.98. The van der Waals surface area contributed by atoms with Gasteiger partial charge in [0.15, 0.2) is 9.84 Å². The van der Waals surface area contributed by atoms with E-state index in [1.165, 1.54) is 6.07 Å². The van der Waals surface area contributed by atoms with Crippen LogP contribution in [0, 0.1) is 17.1 Å². The van der Waals surface area contributed by atoms with Gasteiger partial charge in [-0.15, -0.1) is 0 Å². The highest BCUT2D eigenvalue weighted by Crippen LogP contribution is 2.33. The number of carbonyl (C=O) groups excluding carboxylic acids is 1. The Morgan fingerprint density at radius 2 is 1.93 bits per heavy atom. The molecule has 1 aliphatic rings. The summed E-state index contributed by atoms with van der Waals surface area (Å²) in [6.45, 7) is 3.45. The van der Waals surface area contributed by atoms with Gasteiger partial charge in [0.05, 0.1) is 16.5 Å². The Morgan fingerprint density at radius 1 is 1.26 bits per heavy atom. The van der Waals surface area contributed by atoms with Crippen LogP contribution < -0.4 is 4.74 Å². The zero-order valence-electron chi connectivity index (χ0n) is 14.1. The number of hydrogen-bond acceptors (Lipinski definition) is 5.